The fourth-order valence-electron chi connectivity index (χ4n) is 2.01. The summed E-state index contributed by atoms with van der Waals surface area (Å²) in [5.74, 6) is 0.360. The second-order valence-electron chi connectivity index (χ2n) is 4.07. The summed E-state index contributed by atoms with van der Waals surface area (Å²) in [6.07, 6.45) is 0. The summed E-state index contributed by atoms with van der Waals surface area (Å²) in [6, 6.07) is 16.0. The van der Waals surface area contributed by atoms with Gasteiger partial charge in [0.25, 0.3) is 0 Å². The quantitative estimate of drug-likeness (QED) is 0.472. The van der Waals surface area contributed by atoms with Gasteiger partial charge in [-0.05, 0) is 11.6 Å². The van der Waals surface area contributed by atoms with Crippen molar-refractivity contribution >= 4 is 16.9 Å². The van der Waals surface area contributed by atoms with E-state index in [0.717, 1.165) is 22.2 Å². The van der Waals surface area contributed by atoms with Gasteiger partial charge in [-0.2, -0.15) is 0 Å². The number of rotatable bonds is 2. The van der Waals surface area contributed by atoms with Gasteiger partial charge in [-0.25, -0.2) is 4.98 Å². The molecule has 88 valence electrons. The molecule has 0 unspecified atom stereocenters. The van der Waals surface area contributed by atoms with Crippen molar-refractivity contribution in [2.45, 2.75) is 0 Å². The average Bonchev–Trinajstić information content (AvgIpc) is 2.83. The Balaban J connectivity index is 2.27. The van der Waals surface area contributed by atoms with E-state index >= 15 is 0 Å². The van der Waals surface area contributed by atoms with Crippen LogP contribution < -0.4 is 5.73 Å². The van der Waals surface area contributed by atoms with E-state index in [9.17, 15) is 0 Å². The van der Waals surface area contributed by atoms with Crippen LogP contribution in [0.15, 0.2) is 48.5 Å². The van der Waals surface area contributed by atoms with E-state index < -0.39 is 0 Å². The number of aromatic amines is 1. The van der Waals surface area contributed by atoms with E-state index in [4.69, 9.17) is 11.1 Å². The maximum Gasteiger partial charge on any atom is 0.173 e. The molecule has 0 amide bonds. The molecule has 3 rings (SSSR count). The van der Waals surface area contributed by atoms with Gasteiger partial charge in [-0.3, -0.25) is 5.41 Å². The third kappa shape index (κ3) is 1.64. The molecule has 0 spiro atoms. The first-order valence-electron chi connectivity index (χ1n) is 5.64. The number of nitrogen functional groups attached to an aromatic ring is 1. The minimum atomic E-state index is -0.0507. The zero-order chi connectivity index (χ0) is 12.5. The van der Waals surface area contributed by atoms with Crippen molar-refractivity contribution < 1.29 is 0 Å². The lowest BCUT2D eigenvalue weighted by Crippen LogP contribution is -2.12. The van der Waals surface area contributed by atoms with Crippen LogP contribution in [0.25, 0.3) is 22.2 Å². The average molecular weight is 236 g/mol. The third-order valence-electron chi connectivity index (χ3n) is 2.85. The topological polar surface area (TPSA) is 78.6 Å². The number of benzene rings is 2. The molecule has 18 heavy (non-hydrogen) atoms. The molecule has 4 heteroatoms. The summed E-state index contributed by atoms with van der Waals surface area (Å²) in [5, 5.41) is 7.43. The Morgan fingerprint density at radius 1 is 1.06 bits per heavy atom. The van der Waals surface area contributed by atoms with Gasteiger partial charge in [0.15, 0.2) is 11.7 Å². The molecule has 2 aromatic carbocycles. The number of para-hydroxylation sites is 1. The largest absolute Gasteiger partial charge is 0.381 e. The highest BCUT2D eigenvalue weighted by Gasteiger charge is 2.09. The maximum atomic E-state index is 7.43. The summed E-state index contributed by atoms with van der Waals surface area (Å²) in [7, 11) is 0. The first-order chi connectivity index (χ1) is 8.75. The molecule has 0 radical (unpaired) electrons. The van der Waals surface area contributed by atoms with E-state index in [1.54, 1.807) is 0 Å². The van der Waals surface area contributed by atoms with Gasteiger partial charge in [-0.15, -0.1) is 0 Å². The number of aromatic nitrogens is 2. The number of hydrogen-bond acceptors (Lipinski definition) is 2. The zero-order valence-corrected chi connectivity index (χ0v) is 9.64. The Hall–Kier alpha value is -2.62. The Morgan fingerprint density at radius 2 is 1.83 bits per heavy atom. The van der Waals surface area contributed by atoms with E-state index in [2.05, 4.69) is 9.97 Å². The van der Waals surface area contributed by atoms with Crippen molar-refractivity contribution in [1.29, 1.82) is 5.41 Å². The van der Waals surface area contributed by atoms with Gasteiger partial charge >= 0.3 is 0 Å². The van der Waals surface area contributed by atoms with Crippen molar-refractivity contribution in [3.05, 3.63) is 54.4 Å². The number of imidazole rings is 1. The number of amidine groups is 1. The second kappa shape index (κ2) is 4.00. The molecule has 4 nitrogen and oxygen atoms in total. The lowest BCUT2D eigenvalue weighted by atomic mass is 10.0. The normalized spacial score (nSPS) is 10.7. The molecular formula is C14H12N4. The van der Waals surface area contributed by atoms with Gasteiger partial charge in [-0.1, -0.05) is 42.5 Å². The number of nitrogens with two attached hydrogens (primary N) is 1. The van der Waals surface area contributed by atoms with Gasteiger partial charge in [0.1, 0.15) is 0 Å². The minimum absolute atomic E-state index is 0.0507. The summed E-state index contributed by atoms with van der Waals surface area (Å²) >= 11 is 0. The number of nitrogens with one attached hydrogen (secondary N) is 2. The van der Waals surface area contributed by atoms with Crippen molar-refractivity contribution in [3.8, 4) is 11.1 Å². The second-order valence-corrected chi connectivity index (χ2v) is 4.07. The van der Waals surface area contributed by atoms with Crippen LogP contribution in [0.1, 0.15) is 5.82 Å². The Kier molecular flexibility index (Phi) is 2.34. The molecule has 1 heterocycles. The monoisotopic (exact) mass is 236 g/mol. The van der Waals surface area contributed by atoms with Crippen molar-refractivity contribution in [3.63, 3.8) is 0 Å². The molecule has 3 aromatic rings. The van der Waals surface area contributed by atoms with Gasteiger partial charge < -0.3 is 10.7 Å². The molecule has 0 saturated carbocycles. The van der Waals surface area contributed by atoms with Gasteiger partial charge in [0.05, 0.1) is 11.0 Å². The number of fused-ring (bicyclic) bond motifs is 1. The maximum absolute atomic E-state index is 7.43. The van der Waals surface area contributed by atoms with Crippen LogP contribution >= 0.6 is 0 Å². The molecule has 4 N–H and O–H groups in total. The van der Waals surface area contributed by atoms with Gasteiger partial charge in [0.2, 0.25) is 0 Å². The van der Waals surface area contributed by atoms with Crippen LogP contribution in [-0.2, 0) is 0 Å². The minimum Gasteiger partial charge on any atom is -0.381 e. The van der Waals surface area contributed by atoms with Crippen LogP contribution in [0.3, 0.4) is 0 Å². The molecule has 0 saturated heterocycles. The Morgan fingerprint density at radius 3 is 2.56 bits per heavy atom. The summed E-state index contributed by atoms with van der Waals surface area (Å²) in [5.41, 5.74) is 9.33. The van der Waals surface area contributed by atoms with Crippen molar-refractivity contribution in [2.75, 3.05) is 0 Å². The third-order valence-corrected chi connectivity index (χ3v) is 2.85. The predicted octanol–water partition coefficient (Wildman–Crippen LogP) is 2.51. The highest BCUT2D eigenvalue weighted by atomic mass is 15.0. The fraction of sp³-hybridized carbons (Fsp3) is 0. The van der Waals surface area contributed by atoms with E-state index in [0.29, 0.717) is 5.82 Å². The van der Waals surface area contributed by atoms with E-state index in [1.807, 2.05) is 48.5 Å². The van der Waals surface area contributed by atoms with Crippen LogP contribution in [0.2, 0.25) is 0 Å². The molecule has 0 atom stereocenters. The summed E-state index contributed by atoms with van der Waals surface area (Å²) in [4.78, 5) is 7.43. The fourth-order valence-corrected chi connectivity index (χ4v) is 2.01. The first-order valence-corrected chi connectivity index (χ1v) is 5.64. The zero-order valence-electron chi connectivity index (χ0n) is 9.64. The van der Waals surface area contributed by atoms with Crippen molar-refractivity contribution in [1.82, 2.24) is 9.97 Å². The number of nitrogens with zero attached hydrogens (tertiary/aromatic N) is 1. The molecule has 0 aliphatic carbocycles. The lowest BCUT2D eigenvalue weighted by Gasteiger charge is -2.01. The predicted molar refractivity (Wildman–Crippen MR) is 72.5 cm³/mol. The van der Waals surface area contributed by atoms with E-state index in [1.165, 1.54) is 0 Å². The van der Waals surface area contributed by atoms with Crippen LogP contribution in [0.4, 0.5) is 0 Å². The number of H-pyrrole nitrogens is 1. The van der Waals surface area contributed by atoms with E-state index in [-0.39, 0.29) is 5.84 Å². The Labute approximate surface area is 104 Å². The number of hydrogen-bond donors (Lipinski definition) is 3. The molecular weight excluding hydrogens is 224 g/mol. The first kappa shape index (κ1) is 10.5. The smallest absolute Gasteiger partial charge is 0.173 e. The standard InChI is InChI=1S/C14H12N4/c15-13(16)14-17-11-8-4-7-10(12(11)18-14)9-5-2-1-3-6-9/h1-8H,(H3,15,16)(H,17,18). The highest BCUT2D eigenvalue weighted by Crippen LogP contribution is 2.26. The van der Waals surface area contributed by atoms with Crippen LogP contribution in [-0.4, -0.2) is 15.8 Å². The summed E-state index contributed by atoms with van der Waals surface area (Å²) in [6.45, 7) is 0. The SMILES string of the molecule is N=C(N)c1nc2c(-c3ccccc3)cccc2[nH]1. The molecule has 1 aromatic heterocycles. The van der Waals surface area contributed by atoms with Crippen LogP contribution in [0, 0.1) is 5.41 Å². The molecule has 0 aliphatic heterocycles. The molecule has 0 aliphatic rings. The molecule has 0 fully saturated rings. The Bertz CT molecular complexity index is 713. The van der Waals surface area contributed by atoms with Crippen molar-refractivity contribution in [2.24, 2.45) is 5.73 Å². The summed E-state index contributed by atoms with van der Waals surface area (Å²) < 4.78 is 0. The lowest BCUT2D eigenvalue weighted by molar-refractivity contribution is 1.24. The highest BCUT2D eigenvalue weighted by molar-refractivity contribution is 5.98. The van der Waals surface area contributed by atoms with Crippen LogP contribution in [0.5, 0.6) is 0 Å². The van der Waals surface area contributed by atoms with Gasteiger partial charge in [0, 0.05) is 5.56 Å². The molecule has 0 bridgehead atoms.